The smallest absolute Gasteiger partial charge is 0.223 e. The molecule has 110 valence electrons. The summed E-state index contributed by atoms with van der Waals surface area (Å²) < 4.78 is 28.9. The maximum Gasteiger partial charge on any atom is 0.223 e. The van der Waals surface area contributed by atoms with Gasteiger partial charge in [-0.25, -0.2) is 8.42 Å². The van der Waals surface area contributed by atoms with Crippen molar-refractivity contribution in [2.45, 2.75) is 18.9 Å². The van der Waals surface area contributed by atoms with E-state index < -0.39 is 9.84 Å². The zero-order valence-corrected chi connectivity index (χ0v) is 13.2. The number of nitrogens with one attached hydrogen (secondary N) is 1. The number of amides is 1. The largest absolute Gasteiger partial charge is 0.493 e. The first kappa shape index (κ1) is 15.3. The molecule has 0 spiro atoms. The van der Waals surface area contributed by atoms with Crippen molar-refractivity contribution in [3.8, 4) is 5.75 Å². The summed E-state index contributed by atoms with van der Waals surface area (Å²) in [7, 11) is -2.96. The Hall–Kier alpha value is -1.08. The number of carbonyl (C=O) groups is 1. The minimum absolute atomic E-state index is 0.0469. The zero-order chi connectivity index (χ0) is 14.6. The van der Waals surface area contributed by atoms with Gasteiger partial charge in [0.05, 0.1) is 24.5 Å². The summed E-state index contributed by atoms with van der Waals surface area (Å²) >= 11 is 3.34. The third-order valence-corrected chi connectivity index (χ3v) is 5.25. The van der Waals surface area contributed by atoms with Crippen molar-refractivity contribution in [2.24, 2.45) is 0 Å². The average Bonchev–Trinajstić information content (AvgIpc) is 2.68. The summed E-state index contributed by atoms with van der Waals surface area (Å²) in [6.07, 6.45) is 0.712. The molecule has 1 aromatic carbocycles. The maximum absolute atomic E-state index is 11.7. The SMILES string of the molecule is O=C(CCOc1cccc(Br)c1)NC1CCS(=O)(=O)C1. The van der Waals surface area contributed by atoms with Gasteiger partial charge in [0.15, 0.2) is 9.84 Å². The summed E-state index contributed by atoms with van der Waals surface area (Å²) in [6.45, 7) is 0.266. The van der Waals surface area contributed by atoms with Crippen LogP contribution in [0, 0.1) is 0 Å². The Balaban J connectivity index is 1.71. The minimum Gasteiger partial charge on any atom is -0.493 e. The van der Waals surface area contributed by atoms with Gasteiger partial charge in [0.1, 0.15) is 5.75 Å². The van der Waals surface area contributed by atoms with Crippen molar-refractivity contribution in [2.75, 3.05) is 18.1 Å². The summed E-state index contributed by atoms with van der Waals surface area (Å²) in [5.41, 5.74) is 0. The van der Waals surface area contributed by atoms with E-state index >= 15 is 0 Å². The van der Waals surface area contributed by atoms with E-state index in [1.54, 1.807) is 0 Å². The third-order valence-electron chi connectivity index (χ3n) is 2.99. The van der Waals surface area contributed by atoms with Crippen LogP contribution in [0.4, 0.5) is 0 Å². The summed E-state index contributed by atoms with van der Waals surface area (Å²) in [6, 6.07) is 7.12. The Morgan fingerprint density at radius 1 is 1.45 bits per heavy atom. The van der Waals surface area contributed by atoms with Crippen molar-refractivity contribution in [1.82, 2.24) is 5.32 Å². The fraction of sp³-hybridized carbons (Fsp3) is 0.462. The van der Waals surface area contributed by atoms with Crippen LogP contribution < -0.4 is 10.1 Å². The summed E-state index contributed by atoms with van der Waals surface area (Å²) in [5, 5.41) is 2.72. The van der Waals surface area contributed by atoms with Crippen molar-refractivity contribution in [3.05, 3.63) is 28.7 Å². The molecule has 1 fully saturated rings. The first-order chi connectivity index (χ1) is 9.44. The summed E-state index contributed by atoms with van der Waals surface area (Å²) in [4.78, 5) is 11.7. The molecule has 0 radical (unpaired) electrons. The van der Waals surface area contributed by atoms with Crippen LogP contribution >= 0.6 is 15.9 Å². The molecule has 0 bridgehead atoms. The fourth-order valence-electron chi connectivity index (χ4n) is 2.03. The Kier molecular flexibility index (Phi) is 5.04. The van der Waals surface area contributed by atoms with E-state index in [-0.39, 0.29) is 36.5 Å². The van der Waals surface area contributed by atoms with E-state index in [1.165, 1.54) is 0 Å². The van der Waals surface area contributed by atoms with Gasteiger partial charge in [-0.3, -0.25) is 4.79 Å². The number of ether oxygens (including phenoxy) is 1. The lowest BCUT2D eigenvalue weighted by Crippen LogP contribution is -2.36. The molecule has 0 aliphatic carbocycles. The van der Waals surface area contributed by atoms with Crippen molar-refractivity contribution >= 4 is 31.7 Å². The molecule has 1 aromatic rings. The van der Waals surface area contributed by atoms with Gasteiger partial charge in [0.25, 0.3) is 0 Å². The predicted molar refractivity (Wildman–Crippen MR) is 79.5 cm³/mol. The first-order valence-electron chi connectivity index (χ1n) is 6.33. The molecule has 5 nitrogen and oxygen atoms in total. The Morgan fingerprint density at radius 2 is 2.25 bits per heavy atom. The van der Waals surface area contributed by atoms with Crippen LogP contribution in [0.1, 0.15) is 12.8 Å². The molecule has 1 heterocycles. The Morgan fingerprint density at radius 3 is 2.90 bits per heavy atom. The van der Waals surface area contributed by atoms with Crippen LogP contribution in [-0.2, 0) is 14.6 Å². The lowest BCUT2D eigenvalue weighted by Gasteiger charge is -2.11. The van der Waals surface area contributed by atoms with Crippen molar-refractivity contribution in [1.29, 1.82) is 0 Å². The molecule has 0 aromatic heterocycles. The van der Waals surface area contributed by atoms with E-state index in [4.69, 9.17) is 4.74 Å². The maximum atomic E-state index is 11.7. The number of benzene rings is 1. The second kappa shape index (κ2) is 6.58. The highest BCUT2D eigenvalue weighted by Gasteiger charge is 2.28. The number of hydrogen-bond acceptors (Lipinski definition) is 4. The van der Waals surface area contributed by atoms with Gasteiger partial charge in [0.2, 0.25) is 5.91 Å². The highest BCUT2D eigenvalue weighted by atomic mass is 79.9. The highest BCUT2D eigenvalue weighted by Crippen LogP contribution is 2.17. The monoisotopic (exact) mass is 361 g/mol. The van der Waals surface area contributed by atoms with Crippen LogP contribution in [0.3, 0.4) is 0 Å². The quantitative estimate of drug-likeness (QED) is 0.862. The lowest BCUT2D eigenvalue weighted by atomic mass is 10.2. The molecule has 1 aliphatic rings. The Bertz CT molecular complexity index is 588. The van der Waals surface area contributed by atoms with E-state index in [1.807, 2.05) is 24.3 Å². The van der Waals surface area contributed by atoms with Gasteiger partial charge < -0.3 is 10.1 Å². The molecule has 1 amide bonds. The number of hydrogen-bond donors (Lipinski definition) is 1. The highest BCUT2D eigenvalue weighted by molar-refractivity contribution is 9.10. The Labute approximate surface area is 126 Å². The normalized spacial score (nSPS) is 20.6. The molecule has 7 heteroatoms. The van der Waals surface area contributed by atoms with Crippen LogP contribution in [0.25, 0.3) is 0 Å². The van der Waals surface area contributed by atoms with Crippen LogP contribution in [0.2, 0.25) is 0 Å². The van der Waals surface area contributed by atoms with Crippen molar-refractivity contribution in [3.63, 3.8) is 0 Å². The number of halogens is 1. The van der Waals surface area contributed by atoms with Gasteiger partial charge in [0, 0.05) is 10.5 Å². The average molecular weight is 362 g/mol. The lowest BCUT2D eigenvalue weighted by molar-refractivity contribution is -0.122. The molecule has 1 unspecified atom stereocenters. The predicted octanol–water partition coefficient (Wildman–Crippen LogP) is 1.52. The fourth-order valence-corrected chi connectivity index (χ4v) is 4.08. The second-order valence-electron chi connectivity index (χ2n) is 4.72. The van der Waals surface area contributed by atoms with Gasteiger partial charge in [-0.05, 0) is 24.6 Å². The van der Waals surface area contributed by atoms with Crippen LogP contribution in [0.5, 0.6) is 5.75 Å². The van der Waals surface area contributed by atoms with E-state index in [0.717, 1.165) is 4.47 Å². The molecule has 2 rings (SSSR count). The van der Waals surface area contributed by atoms with E-state index in [0.29, 0.717) is 12.2 Å². The number of rotatable bonds is 5. The van der Waals surface area contributed by atoms with Gasteiger partial charge >= 0.3 is 0 Å². The molecule has 0 saturated carbocycles. The molecule has 20 heavy (non-hydrogen) atoms. The van der Waals surface area contributed by atoms with Gasteiger partial charge in [-0.15, -0.1) is 0 Å². The molecule has 1 aliphatic heterocycles. The molecular formula is C13H16BrNO4S. The molecule has 1 N–H and O–H groups in total. The first-order valence-corrected chi connectivity index (χ1v) is 8.94. The van der Waals surface area contributed by atoms with E-state index in [9.17, 15) is 13.2 Å². The van der Waals surface area contributed by atoms with Crippen LogP contribution in [-0.4, -0.2) is 38.5 Å². The zero-order valence-electron chi connectivity index (χ0n) is 10.8. The minimum atomic E-state index is -2.96. The molecule has 1 atom stereocenters. The topological polar surface area (TPSA) is 72.5 Å². The number of carbonyl (C=O) groups excluding carboxylic acids is 1. The van der Waals surface area contributed by atoms with E-state index in [2.05, 4.69) is 21.2 Å². The molecular weight excluding hydrogens is 346 g/mol. The standard InChI is InChI=1S/C13H16BrNO4S/c14-10-2-1-3-12(8-10)19-6-4-13(16)15-11-5-7-20(17,18)9-11/h1-3,8,11H,4-7,9H2,(H,15,16). The van der Waals surface area contributed by atoms with Gasteiger partial charge in [-0.2, -0.15) is 0 Å². The van der Waals surface area contributed by atoms with Gasteiger partial charge in [-0.1, -0.05) is 22.0 Å². The second-order valence-corrected chi connectivity index (χ2v) is 7.87. The van der Waals surface area contributed by atoms with Crippen LogP contribution in [0.15, 0.2) is 28.7 Å². The number of sulfone groups is 1. The summed E-state index contributed by atoms with van der Waals surface area (Å²) in [5.74, 6) is 0.718. The van der Waals surface area contributed by atoms with Crippen molar-refractivity contribution < 1.29 is 17.9 Å². The third kappa shape index (κ3) is 4.79. The molecule has 1 saturated heterocycles.